The van der Waals surface area contributed by atoms with Gasteiger partial charge >= 0.3 is 0 Å². The molecule has 0 saturated carbocycles. The van der Waals surface area contributed by atoms with Crippen LogP contribution in [0, 0.1) is 5.92 Å². The van der Waals surface area contributed by atoms with Crippen LogP contribution in [0.2, 0.25) is 0 Å². The maximum Gasteiger partial charge on any atom is 0.175 e. The average Bonchev–Trinajstić information content (AvgIpc) is 2.54. The second kappa shape index (κ2) is 6.24. The standard InChI is InChI=1S/C18H20O4S/c1-21-16-6-5-15-10-14(12-22-18(15)11-16)9-13-3-7-17(8-4-13)23(2,19)20/h3-8,11,14H,9-10,12H2,1-2H3. The van der Waals surface area contributed by atoms with Crippen LogP contribution in [-0.4, -0.2) is 28.4 Å². The fourth-order valence-corrected chi connectivity index (χ4v) is 3.51. The number of sulfone groups is 1. The third-order valence-electron chi connectivity index (χ3n) is 4.13. The number of fused-ring (bicyclic) bond motifs is 1. The van der Waals surface area contributed by atoms with E-state index >= 15 is 0 Å². The largest absolute Gasteiger partial charge is 0.497 e. The minimum atomic E-state index is -3.14. The van der Waals surface area contributed by atoms with Gasteiger partial charge in [0, 0.05) is 18.2 Å². The predicted molar refractivity (Wildman–Crippen MR) is 88.9 cm³/mol. The summed E-state index contributed by atoms with van der Waals surface area (Å²) in [5.74, 6) is 2.09. The minimum Gasteiger partial charge on any atom is -0.497 e. The van der Waals surface area contributed by atoms with Crippen molar-refractivity contribution in [2.45, 2.75) is 17.7 Å². The SMILES string of the molecule is COc1ccc2c(c1)OCC(Cc1ccc(S(C)(=O)=O)cc1)C2. The van der Waals surface area contributed by atoms with Gasteiger partial charge in [-0.2, -0.15) is 0 Å². The zero-order valence-electron chi connectivity index (χ0n) is 13.3. The van der Waals surface area contributed by atoms with Gasteiger partial charge in [0.2, 0.25) is 0 Å². The van der Waals surface area contributed by atoms with E-state index in [9.17, 15) is 8.42 Å². The normalized spacial score (nSPS) is 17.2. The lowest BCUT2D eigenvalue weighted by atomic mass is 9.91. The first-order valence-electron chi connectivity index (χ1n) is 7.54. The Kier molecular flexibility index (Phi) is 4.31. The highest BCUT2D eigenvalue weighted by Crippen LogP contribution is 2.32. The molecule has 0 N–H and O–H groups in total. The van der Waals surface area contributed by atoms with Gasteiger partial charge in [0.15, 0.2) is 9.84 Å². The summed E-state index contributed by atoms with van der Waals surface area (Å²) in [5, 5.41) is 0. The molecule has 0 bridgehead atoms. The van der Waals surface area contributed by atoms with Crippen molar-refractivity contribution < 1.29 is 17.9 Å². The smallest absolute Gasteiger partial charge is 0.175 e. The maximum absolute atomic E-state index is 11.5. The summed E-state index contributed by atoms with van der Waals surface area (Å²) in [6.45, 7) is 0.661. The predicted octanol–water partition coefficient (Wildman–Crippen LogP) is 2.89. The summed E-state index contributed by atoms with van der Waals surface area (Å²) < 4.78 is 34.1. The lowest BCUT2D eigenvalue weighted by Crippen LogP contribution is -2.22. The van der Waals surface area contributed by atoms with E-state index in [0.717, 1.165) is 29.9 Å². The Hall–Kier alpha value is -2.01. The minimum absolute atomic E-state index is 0.360. The number of benzene rings is 2. The van der Waals surface area contributed by atoms with E-state index in [-0.39, 0.29) is 0 Å². The Balaban J connectivity index is 1.70. The molecule has 4 nitrogen and oxygen atoms in total. The maximum atomic E-state index is 11.5. The molecule has 0 aliphatic carbocycles. The molecular weight excluding hydrogens is 312 g/mol. The molecule has 1 aliphatic heterocycles. The molecule has 0 amide bonds. The van der Waals surface area contributed by atoms with E-state index < -0.39 is 9.84 Å². The van der Waals surface area contributed by atoms with E-state index in [1.807, 2.05) is 30.3 Å². The molecule has 0 spiro atoms. The van der Waals surface area contributed by atoms with Crippen molar-refractivity contribution in [1.29, 1.82) is 0 Å². The van der Waals surface area contributed by atoms with E-state index in [1.165, 1.54) is 11.8 Å². The summed E-state index contributed by atoms with van der Waals surface area (Å²) in [5.41, 5.74) is 2.32. The molecule has 1 aliphatic rings. The second-order valence-corrected chi connectivity index (χ2v) is 7.99. The summed E-state index contributed by atoms with van der Waals surface area (Å²) in [7, 11) is -1.49. The molecule has 0 fully saturated rings. The highest BCUT2D eigenvalue weighted by molar-refractivity contribution is 7.90. The second-order valence-electron chi connectivity index (χ2n) is 5.98. The van der Waals surface area contributed by atoms with Crippen LogP contribution in [0.5, 0.6) is 11.5 Å². The van der Waals surface area contributed by atoms with E-state index in [2.05, 4.69) is 0 Å². The van der Waals surface area contributed by atoms with Crippen LogP contribution in [-0.2, 0) is 22.7 Å². The van der Waals surface area contributed by atoms with E-state index in [0.29, 0.717) is 17.4 Å². The summed E-state index contributed by atoms with van der Waals surface area (Å²) in [6, 6.07) is 13.0. The molecule has 0 radical (unpaired) electrons. The lowest BCUT2D eigenvalue weighted by Gasteiger charge is -2.25. The molecule has 2 aromatic rings. The molecule has 23 heavy (non-hydrogen) atoms. The Morgan fingerprint density at radius 3 is 2.57 bits per heavy atom. The molecule has 2 aromatic carbocycles. The summed E-state index contributed by atoms with van der Waals surface area (Å²) in [4.78, 5) is 0.360. The van der Waals surface area contributed by atoms with Crippen LogP contribution in [0.3, 0.4) is 0 Å². The average molecular weight is 332 g/mol. The third kappa shape index (κ3) is 3.67. The topological polar surface area (TPSA) is 52.6 Å². The first-order chi connectivity index (χ1) is 11.0. The van der Waals surface area contributed by atoms with Gasteiger partial charge in [-0.3, -0.25) is 0 Å². The monoisotopic (exact) mass is 332 g/mol. The summed E-state index contributed by atoms with van der Waals surface area (Å²) >= 11 is 0. The molecule has 1 unspecified atom stereocenters. The molecule has 0 saturated heterocycles. The lowest BCUT2D eigenvalue weighted by molar-refractivity contribution is 0.220. The zero-order chi connectivity index (χ0) is 16.4. The van der Waals surface area contributed by atoms with Crippen LogP contribution >= 0.6 is 0 Å². The number of rotatable bonds is 4. The number of methoxy groups -OCH3 is 1. The van der Waals surface area contributed by atoms with Crippen molar-refractivity contribution in [1.82, 2.24) is 0 Å². The number of hydrogen-bond acceptors (Lipinski definition) is 4. The zero-order valence-corrected chi connectivity index (χ0v) is 14.1. The van der Waals surface area contributed by atoms with Crippen LogP contribution < -0.4 is 9.47 Å². The van der Waals surface area contributed by atoms with Gasteiger partial charge in [0.05, 0.1) is 18.6 Å². The van der Waals surface area contributed by atoms with Crippen molar-refractivity contribution in [3.63, 3.8) is 0 Å². The molecule has 122 valence electrons. The van der Waals surface area contributed by atoms with Gasteiger partial charge in [0.25, 0.3) is 0 Å². The highest BCUT2D eigenvalue weighted by atomic mass is 32.2. The number of hydrogen-bond donors (Lipinski definition) is 0. The van der Waals surface area contributed by atoms with Gasteiger partial charge in [0.1, 0.15) is 11.5 Å². The van der Waals surface area contributed by atoms with Crippen LogP contribution in [0.1, 0.15) is 11.1 Å². The van der Waals surface area contributed by atoms with Crippen LogP contribution in [0.4, 0.5) is 0 Å². The Labute approximate surface area is 137 Å². The first kappa shape index (κ1) is 15.9. The first-order valence-corrected chi connectivity index (χ1v) is 9.43. The van der Waals surface area contributed by atoms with Crippen LogP contribution in [0.15, 0.2) is 47.4 Å². The number of ether oxygens (including phenoxy) is 2. The Morgan fingerprint density at radius 1 is 1.17 bits per heavy atom. The fraction of sp³-hybridized carbons (Fsp3) is 0.333. The van der Waals surface area contributed by atoms with Gasteiger partial charge in [-0.1, -0.05) is 18.2 Å². The van der Waals surface area contributed by atoms with Gasteiger partial charge < -0.3 is 9.47 Å². The Bertz CT molecular complexity index is 794. The molecule has 3 rings (SSSR count). The highest BCUT2D eigenvalue weighted by Gasteiger charge is 2.21. The molecule has 1 heterocycles. The van der Waals surface area contributed by atoms with E-state index in [1.54, 1.807) is 19.2 Å². The van der Waals surface area contributed by atoms with Gasteiger partial charge in [-0.25, -0.2) is 8.42 Å². The van der Waals surface area contributed by atoms with Crippen molar-refractivity contribution in [2.24, 2.45) is 5.92 Å². The molecule has 5 heteroatoms. The van der Waals surface area contributed by atoms with Crippen molar-refractivity contribution >= 4 is 9.84 Å². The molecular formula is C18H20O4S. The van der Waals surface area contributed by atoms with E-state index in [4.69, 9.17) is 9.47 Å². The van der Waals surface area contributed by atoms with Crippen LogP contribution in [0.25, 0.3) is 0 Å². The van der Waals surface area contributed by atoms with Crippen molar-refractivity contribution in [3.05, 3.63) is 53.6 Å². The Morgan fingerprint density at radius 2 is 1.91 bits per heavy atom. The van der Waals surface area contributed by atoms with Gasteiger partial charge in [-0.05, 0) is 42.2 Å². The third-order valence-corrected chi connectivity index (χ3v) is 5.26. The van der Waals surface area contributed by atoms with Crippen molar-refractivity contribution in [3.8, 4) is 11.5 Å². The molecule has 1 atom stereocenters. The fourth-order valence-electron chi connectivity index (χ4n) is 2.88. The quantitative estimate of drug-likeness (QED) is 0.864. The molecule has 0 aromatic heterocycles. The van der Waals surface area contributed by atoms with Gasteiger partial charge in [-0.15, -0.1) is 0 Å². The summed E-state index contributed by atoms with van der Waals surface area (Å²) in [6.07, 6.45) is 3.05. The van der Waals surface area contributed by atoms with Crippen molar-refractivity contribution in [2.75, 3.05) is 20.0 Å².